The number of nitrogens with one attached hydrogen (secondary N) is 1. The minimum absolute atomic E-state index is 0.335. The standard InChI is InChI=1S/C21H24N4O4S/c1-5-13(18(22)26)25-15(6-2)24-20-16(21(25)28)11(3)17(30-20)19(27)23-12-9-7-8-10-14(12)29-4/h7-10,13H,5-6H2,1-4H3,(H2,22,26)(H,23,27). The van der Waals surface area contributed by atoms with Crippen LogP contribution < -0.4 is 21.3 Å². The molecule has 30 heavy (non-hydrogen) atoms. The quantitative estimate of drug-likeness (QED) is 0.600. The number of hydrogen-bond acceptors (Lipinski definition) is 6. The van der Waals surface area contributed by atoms with E-state index < -0.39 is 11.9 Å². The molecule has 0 bridgehead atoms. The highest BCUT2D eigenvalue weighted by Crippen LogP contribution is 2.30. The van der Waals surface area contributed by atoms with Crippen LogP contribution in [0.2, 0.25) is 0 Å². The van der Waals surface area contributed by atoms with Crippen molar-refractivity contribution < 1.29 is 14.3 Å². The number of para-hydroxylation sites is 2. The maximum Gasteiger partial charge on any atom is 0.266 e. The molecule has 8 nitrogen and oxygen atoms in total. The van der Waals surface area contributed by atoms with Crippen molar-refractivity contribution >= 4 is 39.1 Å². The number of ether oxygens (including phenoxy) is 1. The van der Waals surface area contributed by atoms with Gasteiger partial charge >= 0.3 is 0 Å². The predicted molar refractivity (Wildman–Crippen MR) is 117 cm³/mol. The number of fused-ring (bicyclic) bond motifs is 1. The molecule has 158 valence electrons. The van der Waals surface area contributed by atoms with Gasteiger partial charge in [-0.3, -0.25) is 19.0 Å². The van der Waals surface area contributed by atoms with Gasteiger partial charge in [0.25, 0.3) is 11.5 Å². The SMILES string of the molecule is CCc1nc2sc(C(=O)Nc3ccccc3OC)c(C)c2c(=O)n1C(CC)C(N)=O. The van der Waals surface area contributed by atoms with E-state index in [4.69, 9.17) is 10.5 Å². The maximum atomic E-state index is 13.3. The summed E-state index contributed by atoms with van der Waals surface area (Å²) in [5, 5.41) is 3.17. The molecule has 0 radical (unpaired) electrons. The Morgan fingerprint density at radius 3 is 2.60 bits per heavy atom. The number of nitrogens with zero attached hydrogens (tertiary/aromatic N) is 2. The van der Waals surface area contributed by atoms with Crippen LogP contribution in [-0.2, 0) is 11.2 Å². The topological polar surface area (TPSA) is 116 Å². The highest BCUT2D eigenvalue weighted by Gasteiger charge is 2.26. The zero-order valence-corrected chi connectivity index (χ0v) is 18.1. The summed E-state index contributed by atoms with van der Waals surface area (Å²) in [5.41, 5.74) is 6.22. The van der Waals surface area contributed by atoms with Gasteiger partial charge in [0, 0.05) is 6.42 Å². The third-order valence-electron chi connectivity index (χ3n) is 4.97. The number of carbonyl (C=O) groups is 2. The van der Waals surface area contributed by atoms with Gasteiger partial charge in [-0.05, 0) is 31.0 Å². The van der Waals surface area contributed by atoms with Crippen molar-refractivity contribution in [3.05, 3.63) is 50.9 Å². The van der Waals surface area contributed by atoms with E-state index in [1.165, 1.54) is 11.7 Å². The fourth-order valence-corrected chi connectivity index (χ4v) is 4.55. The number of anilines is 1. The van der Waals surface area contributed by atoms with E-state index in [1.807, 2.05) is 6.92 Å². The van der Waals surface area contributed by atoms with Crippen molar-refractivity contribution in [2.45, 2.75) is 39.7 Å². The molecule has 0 spiro atoms. The number of nitrogens with two attached hydrogens (primary N) is 1. The molecule has 2 aromatic heterocycles. The molecular formula is C21H24N4O4S. The second kappa shape index (κ2) is 8.66. The van der Waals surface area contributed by atoms with Crippen LogP contribution in [0.3, 0.4) is 0 Å². The lowest BCUT2D eigenvalue weighted by atomic mass is 10.1. The molecule has 1 atom stereocenters. The Morgan fingerprint density at radius 2 is 2.00 bits per heavy atom. The van der Waals surface area contributed by atoms with Gasteiger partial charge in [0.05, 0.1) is 23.1 Å². The largest absolute Gasteiger partial charge is 0.495 e. The van der Waals surface area contributed by atoms with E-state index in [9.17, 15) is 14.4 Å². The van der Waals surface area contributed by atoms with Crippen LogP contribution in [0.5, 0.6) is 5.75 Å². The summed E-state index contributed by atoms with van der Waals surface area (Å²) in [6, 6.07) is 6.29. The van der Waals surface area contributed by atoms with E-state index in [-0.39, 0.29) is 11.5 Å². The first kappa shape index (κ1) is 21.5. The molecule has 3 aromatic rings. The van der Waals surface area contributed by atoms with Gasteiger partial charge in [-0.25, -0.2) is 4.98 Å². The van der Waals surface area contributed by atoms with E-state index in [1.54, 1.807) is 38.1 Å². The Labute approximate surface area is 177 Å². The van der Waals surface area contributed by atoms with E-state index in [2.05, 4.69) is 10.3 Å². The molecule has 0 aliphatic rings. The van der Waals surface area contributed by atoms with Crippen molar-refractivity contribution in [2.75, 3.05) is 12.4 Å². The van der Waals surface area contributed by atoms with Crippen LogP contribution in [-0.4, -0.2) is 28.5 Å². The number of benzene rings is 1. The smallest absolute Gasteiger partial charge is 0.266 e. The van der Waals surface area contributed by atoms with Gasteiger partial charge in [0.2, 0.25) is 5.91 Å². The third-order valence-corrected chi connectivity index (χ3v) is 6.16. The second-order valence-corrected chi connectivity index (χ2v) is 7.77. The van der Waals surface area contributed by atoms with Crippen molar-refractivity contribution in [3.63, 3.8) is 0 Å². The summed E-state index contributed by atoms with van der Waals surface area (Å²) in [4.78, 5) is 43.6. The maximum absolute atomic E-state index is 13.3. The zero-order chi connectivity index (χ0) is 22.0. The van der Waals surface area contributed by atoms with E-state index >= 15 is 0 Å². The van der Waals surface area contributed by atoms with Crippen molar-refractivity contribution in [1.29, 1.82) is 0 Å². The minimum Gasteiger partial charge on any atom is -0.495 e. The first-order chi connectivity index (χ1) is 14.3. The van der Waals surface area contributed by atoms with E-state index in [0.29, 0.717) is 50.8 Å². The fourth-order valence-electron chi connectivity index (χ4n) is 3.46. The summed E-state index contributed by atoms with van der Waals surface area (Å²) < 4.78 is 6.64. The number of hydrogen-bond donors (Lipinski definition) is 2. The number of aryl methyl sites for hydroxylation is 2. The normalized spacial score (nSPS) is 12.0. The molecule has 0 saturated heterocycles. The lowest BCUT2D eigenvalue weighted by Crippen LogP contribution is -2.36. The molecule has 3 N–H and O–H groups in total. The number of carbonyl (C=O) groups excluding carboxylic acids is 2. The average Bonchev–Trinajstić information content (AvgIpc) is 3.06. The summed E-state index contributed by atoms with van der Waals surface area (Å²) in [6.07, 6.45) is 0.828. The Bertz CT molecular complexity index is 1180. The van der Waals surface area contributed by atoms with Gasteiger partial charge < -0.3 is 15.8 Å². The molecule has 1 aromatic carbocycles. The molecule has 2 amide bonds. The Morgan fingerprint density at radius 1 is 1.30 bits per heavy atom. The van der Waals surface area contributed by atoms with Gasteiger partial charge in [-0.15, -0.1) is 11.3 Å². The number of methoxy groups -OCH3 is 1. The van der Waals surface area contributed by atoms with Crippen LogP contribution in [0, 0.1) is 6.92 Å². The number of amides is 2. The molecule has 0 saturated carbocycles. The minimum atomic E-state index is -0.783. The molecule has 0 aliphatic heterocycles. The van der Waals surface area contributed by atoms with E-state index in [0.717, 1.165) is 11.3 Å². The Balaban J connectivity index is 2.14. The summed E-state index contributed by atoms with van der Waals surface area (Å²) >= 11 is 1.15. The lowest BCUT2D eigenvalue weighted by Gasteiger charge is -2.18. The average molecular weight is 429 g/mol. The van der Waals surface area contributed by atoms with Gasteiger partial charge in [0.15, 0.2) is 0 Å². The monoisotopic (exact) mass is 428 g/mol. The summed E-state index contributed by atoms with van der Waals surface area (Å²) in [7, 11) is 1.53. The number of rotatable bonds is 7. The highest BCUT2D eigenvalue weighted by atomic mass is 32.1. The van der Waals surface area contributed by atoms with Crippen molar-refractivity contribution in [2.24, 2.45) is 5.73 Å². The van der Waals surface area contributed by atoms with Crippen molar-refractivity contribution in [3.8, 4) is 5.75 Å². The molecule has 1 unspecified atom stereocenters. The van der Waals surface area contributed by atoms with Crippen LogP contribution in [0.15, 0.2) is 29.1 Å². The first-order valence-corrected chi connectivity index (χ1v) is 10.4. The van der Waals surface area contributed by atoms with Gasteiger partial charge in [-0.2, -0.15) is 0 Å². The van der Waals surface area contributed by atoms with Crippen LogP contribution >= 0.6 is 11.3 Å². The number of primary amides is 1. The zero-order valence-electron chi connectivity index (χ0n) is 17.3. The van der Waals surface area contributed by atoms with Crippen LogP contribution in [0.25, 0.3) is 10.2 Å². The summed E-state index contributed by atoms with van der Waals surface area (Å²) in [6.45, 7) is 5.35. The van der Waals surface area contributed by atoms with Crippen LogP contribution in [0.1, 0.15) is 47.4 Å². The molecule has 3 rings (SSSR count). The molecule has 2 heterocycles. The summed E-state index contributed by atoms with van der Waals surface area (Å²) in [5.74, 6) is 0.0603. The van der Waals surface area contributed by atoms with Crippen LogP contribution in [0.4, 0.5) is 5.69 Å². The highest BCUT2D eigenvalue weighted by molar-refractivity contribution is 7.20. The van der Waals surface area contributed by atoms with Gasteiger partial charge in [0.1, 0.15) is 22.4 Å². The number of aromatic nitrogens is 2. The molecular weight excluding hydrogens is 404 g/mol. The first-order valence-electron chi connectivity index (χ1n) is 9.62. The number of thiophene rings is 1. The third kappa shape index (κ3) is 3.68. The molecule has 0 aliphatic carbocycles. The predicted octanol–water partition coefficient (Wildman–Crippen LogP) is 3.03. The molecule has 0 fully saturated rings. The van der Waals surface area contributed by atoms with Gasteiger partial charge in [-0.1, -0.05) is 26.0 Å². The lowest BCUT2D eigenvalue weighted by molar-refractivity contribution is -0.121. The Hall–Kier alpha value is -3.20. The Kier molecular flexibility index (Phi) is 6.21. The fraction of sp³-hybridized carbons (Fsp3) is 0.333. The second-order valence-electron chi connectivity index (χ2n) is 6.77. The molecule has 9 heteroatoms. The van der Waals surface area contributed by atoms with Crippen molar-refractivity contribution in [1.82, 2.24) is 9.55 Å².